The first kappa shape index (κ1) is 19.7. The summed E-state index contributed by atoms with van der Waals surface area (Å²) in [7, 11) is 0. The van der Waals surface area contributed by atoms with E-state index in [-0.39, 0.29) is 18.4 Å². The van der Waals surface area contributed by atoms with Crippen molar-refractivity contribution in [1.29, 1.82) is 0 Å². The number of anilines is 1. The number of aryl methyl sites for hydroxylation is 2. The van der Waals surface area contributed by atoms with Gasteiger partial charge in [-0.3, -0.25) is 9.59 Å². The van der Waals surface area contributed by atoms with E-state index in [2.05, 4.69) is 10.3 Å². The second-order valence-corrected chi connectivity index (χ2v) is 7.59. The minimum Gasteiger partial charge on any atom is -0.329 e. The number of halogens is 2. The molecular formula is C17H19Cl2N3O2S. The molecule has 0 bridgehead atoms. The van der Waals surface area contributed by atoms with Gasteiger partial charge >= 0.3 is 0 Å². The molecule has 5 nitrogen and oxygen atoms in total. The fraction of sp³-hybridized carbons (Fsp3) is 0.353. The Labute approximate surface area is 161 Å². The Morgan fingerprint density at radius 1 is 1.28 bits per heavy atom. The largest absolute Gasteiger partial charge is 0.329 e. The molecule has 0 saturated heterocycles. The lowest BCUT2D eigenvalue weighted by molar-refractivity contribution is -0.116. The molecule has 1 N–H and O–H groups in total. The second-order valence-electron chi connectivity index (χ2n) is 5.55. The van der Waals surface area contributed by atoms with Gasteiger partial charge in [0.15, 0.2) is 0 Å². The highest BCUT2D eigenvalue weighted by molar-refractivity contribution is 7.13. The molecule has 0 aliphatic rings. The van der Waals surface area contributed by atoms with Gasteiger partial charge in [0.2, 0.25) is 5.91 Å². The molecule has 2 aromatic rings. The zero-order chi connectivity index (χ0) is 18.6. The van der Waals surface area contributed by atoms with Crippen LogP contribution in [0.1, 0.15) is 33.7 Å². The Hall–Kier alpha value is -1.63. The number of aromatic nitrogens is 1. The summed E-state index contributed by atoms with van der Waals surface area (Å²) in [5.74, 6) is -0.493. The molecule has 0 fully saturated rings. The predicted octanol–water partition coefficient (Wildman–Crippen LogP) is 4.56. The van der Waals surface area contributed by atoms with Gasteiger partial charge in [-0.1, -0.05) is 30.1 Å². The number of carbonyl (C=O) groups is 2. The highest BCUT2D eigenvalue weighted by atomic mass is 35.5. The lowest BCUT2D eigenvalue weighted by Crippen LogP contribution is -2.38. The molecule has 0 unspecified atom stereocenters. The Kier molecular flexibility index (Phi) is 6.81. The Morgan fingerprint density at radius 2 is 2.00 bits per heavy atom. The normalized spacial score (nSPS) is 10.6. The van der Waals surface area contributed by atoms with Gasteiger partial charge in [-0.15, -0.1) is 11.3 Å². The molecule has 8 heteroatoms. The smallest absolute Gasteiger partial charge is 0.266 e. The zero-order valence-electron chi connectivity index (χ0n) is 14.2. The quantitative estimate of drug-likeness (QED) is 0.774. The minimum absolute atomic E-state index is 0.0536. The van der Waals surface area contributed by atoms with E-state index in [1.165, 1.54) is 16.2 Å². The van der Waals surface area contributed by atoms with Crippen molar-refractivity contribution in [3.8, 4) is 0 Å². The minimum atomic E-state index is -0.315. The highest BCUT2D eigenvalue weighted by Crippen LogP contribution is 2.25. The molecule has 0 aliphatic carbocycles. The Morgan fingerprint density at radius 3 is 2.56 bits per heavy atom. The molecule has 0 spiro atoms. The number of amides is 2. The average Bonchev–Trinajstić information content (AvgIpc) is 2.87. The van der Waals surface area contributed by atoms with Crippen molar-refractivity contribution < 1.29 is 9.59 Å². The van der Waals surface area contributed by atoms with E-state index in [4.69, 9.17) is 23.2 Å². The molecule has 0 saturated carbocycles. The van der Waals surface area contributed by atoms with Gasteiger partial charge in [0.1, 0.15) is 11.4 Å². The van der Waals surface area contributed by atoms with Crippen LogP contribution in [-0.4, -0.2) is 34.8 Å². The van der Waals surface area contributed by atoms with Gasteiger partial charge in [0.05, 0.1) is 21.4 Å². The molecule has 1 aromatic heterocycles. The van der Waals surface area contributed by atoms with Gasteiger partial charge in [0.25, 0.3) is 5.91 Å². The maximum absolute atomic E-state index is 12.7. The van der Waals surface area contributed by atoms with E-state index >= 15 is 0 Å². The number of hydrogen-bond donors (Lipinski definition) is 1. The summed E-state index contributed by atoms with van der Waals surface area (Å²) in [6.07, 6.45) is 0.748. The lowest BCUT2D eigenvalue weighted by atomic mass is 10.3. The van der Waals surface area contributed by atoms with Crippen molar-refractivity contribution in [2.45, 2.75) is 27.2 Å². The first-order chi connectivity index (χ1) is 11.8. The van der Waals surface area contributed by atoms with Crippen LogP contribution >= 0.6 is 34.5 Å². The van der Waals surface area contributed by atoms with Crippen molar-refractivity contribution in [2.75, 3.05) is 18.4 Å². The van der Waals surface area contributed by atoms with Crippen LogP contribution in [0.3, 0.4) is 0 Å². The molecule has 134 valence electrons. The third kappa shape index (κ3) is 5.17. The predicted molar refractivity (Wildman–Crippen MR) is 103 cm³/mol. The number of benzene rings is 1. The number of hydrogen-bond acceptors (Lipinski definition) is 4. The summed E-state index contributed by atoms with van der Waals surface area (Å²) in [4.78, 5) is 31.5. The van der Waals surface area contributed by atoms with Crippen LogP contribution < -0.4 is 5.32 Å². The van der Waals surface area contributed by atoms with Gasteiger partial charge < -0.3 is 10.2 Å². The molecule has 0 radical (unpaired) electrons. The summed E-state index contributed by atoms with van der Waals surface area (Å²) in [6, 6.07) is 4.82. The number of rotatable bonds is 6. The first-order valence-corrected chi connectivity index (χ1v) is 9.37. The first-order valence-electron chi connectivity index (χ1n) is 7.80. The van der Waals surface area contributed by atoms with Crippen molar-refractivity contribution in [3.05, 3.63) is 43.8 Å². The number of thiazole rings is 1. The molecule has 0 atom stereocenters. The lowest BCUT2D eigenvalue weighted by Gasteiger charge is -2.21. The third-order valence-electron chi connectivity index (χ3n) is 3.42. The second kappa shape index (κ2) is 8.65. The number of nitrogens with zero attached hydrogens (tertiary/aromatic N) is 2. The van der Waals surface area contributed by atoms with E-state index in [1.807, 2.05) is 13.8 Å². The Balaban J connectivity index is 2.11. The maximum Gasteiger partial charge on any atom is 0.266 e. The molecule has 2 rings (SSSR count). The van der Waals surface area contributed by atoms with Crippen LogP contribution in [0.5, 0.6) is 0 Å². The van der Waals surface area contributed by atoms with Crippen LogP contribution in [0.2, 0.25) is 10.0 Å². The molecule has 25 heavy (non-hydrogen) atoms. The van der Waals surface area contributed by atoms with Gasteiger partial charge in [-0.05, 0) is 38.5 Å². The maximum atomic E-state index is 12.7. The van der Waals surface area contributed by atoms with Crippen LogP contribution in [0.15, 0.2) is 18.2 Å². The average molecular weight is 400 g/mol. The van der Waals surface area contributed by atoms with Crippen LogP contribution in [-0.2, 0) is 4.79 Å². The van der Waals surface area contributed by atoms with Crippen LogP contribution in [0.25, 0.3) is 0 Å². The summed E-state index contributed by atoms with van der Waals surface area (Å²) in [6.45, 7) is 6.04. The van der Waals surface area contributed by atoms with Crippen molar-refractivity contribution in [2.24, 2.45) is 0 Å². The highest BCUT2D eigenvalue weighted by Gasteiger charge is 2.22. The van der Waals surface area contributed by atoms with Gasteiger partial charge in [-0.2, -0.15) is 0 Å². The summed E-state index contributed by atoms with van der Waals surface area (Å²) >= 11 is 13.3. The van der Waals surface area contributed by atoms with E-state index in [0.29, 0.717) is 32.8 Å². The topological polar surface area (TPSA) is 62.3 Å². The van der Waals surface area contributed by atoms with Crippen LogP contribution in [0, 0.1) is 13.8 Å². The van der Waals surface area contributed by atoms with Crippen molar-refractivity contribution in [3.63, 3.8) is 0 Å². The van der Waals surface area contributed by atoms with E-state index in [9.17, 15) is 9.59 Å². The monoisotopic (exact) mass is 399 g/mol. The van der Waals surface area contributed by atoms with E-state index in [0.717, 1.165) is 11.4 Å². The van der Waals surface area contributed by atoms with Gasteiger partial charge in [-0.25, -0.2) is 4.98 Å². The molecular weight excluding hydrogens is 381 g/mol. The fourth-order valence-corrected chi connectivity index (χ4v) is 3.69. The van der Waals surface area contributed by atoms with E-state index < -0.39 is 0 Å². The Bertz CT molecular complexity index is 792. The molecule has 1 aromatic carbocycles. The fourth-order valence-electron chi connectivity index (χ4n) is 2.35. The zero-order valence-corrected chi connectivity index (χ0v) is 16.6. The third-order valence-corrected chi connectivity index (χ3v) is 5.03. The van der Waals surface area contributed by atoms with Crippen molar-refractivity contribution >= 4 is 52.0 Å². The molecule has 2 amide bonds. The summed E-state index contributed by atoms with van der Waals surface area (Å²) in [5, 5.41) is 4.38. The molecule has 1 heterocycles. The van der Waals surface area contributed by atoms with Crippen LogP contribution in [0.4, 0.5) is 5.69 Å². The standard InChI is InChI=1S/C17H19Cl2N3O2S/c1-4-7-22(17(24)16-10(2)20-11(3)25-16)9-15(23)21-14-6-5-12(18)8-13(14)19/h5-6,8H,4,7,9H2,1-3H3,(H,21,23). The summed E-state index contributed by atoms with van der Waals surface area (Å²) < 4.78 is 0. The number of carbonyl (C=O) groups excluding carboxylic acids is 2. The SMILES string of the molecule is CCCN(CC(=O)Nc1ccc(Cl)cc1Cl)C(=O)c1sc(C)nc1C. The summed E-state index contributed by atoms with van der Waals surface area (Å²) in [5.41, 5.74) is 1.15. The van der Waals surface area contributed by atoms with Gasteiger partial charge in [0, 0.05) is 11.6 Å². The van der Waals surface area contributed by atoms with E-state index in [1.54, 1.807) is 25.1 Å². The molecule has 0 aliphatic heterocycles. The number of nitrogens with one attached hydrogen (secondary N) is 1. The van der Waals surface area contributed by atoms with Crippen molar-refractivity contribution in [1.82, 2.24) is 9.88 Å².